The lowest BCUT2D eigenvalue weighted by Crippen LogP contribution is -2.41. The second-order valence-corrected chi connectivity index (χ2v) is 7.47. The molecule has 29 heavy (non-hydrogen) atoms. The molecule has 2 aromatic rings. The monoisotopic (exact) mass is 390 g/mol. The van der Waals surface area contributed by atoms with Crippen molar-refractivity contribution < 1.29 is 14.3 Å². The highest BCUT2D eigenvalue weighted by molar-refractivity contribution is 6.07. The van der Waals surface area contributed by atoms with Crippen LogP contribution < -0.4 is 15.4 Å². The highest BCUT2D eigenvalue weighted by Crippen LogP contribution is 2.48. The van der Waals surface area contributed by atoms with Crippen molar-refractivity contribution >= 4 is 17.5 Å². The largest absolute Gasteiger partial charge is 0.474 e. The number of benzene rings is 1. The van der Waals surface area contributed by atoms with Gasteiger partial charge in [-0.25, -0.2) is 4.98 Å². The van der Waals surface area contributed by atoms with Crippen LogP contribution in [0, 0.1) is 11.3 Å². The number of aromatic nitrogens is 1. The van der Waals surface area contributed by atoms with Crippen molar-refractivity contribution in [1.29, 1.82) is 5.26 Å². The van der Waals surface area contributed by atoms with Crippen LogP contribution in [0.25, 0.3) is 0 Å². The molecule has 1 aliphatic carbocycles. The van der Waals surface area contributed by atoms with E-state index < -0.39 is 5.41 Å². The van der Waals surface area contributed by atoms with E-state index in [1.54, 1.807) is 18.2 Å². The Balaban J connectivity index is 1.50. The van der Waals surface area contributed by atoms with Crippen molar-refractivity contribution in [2.75, 3.05) is 11.9 Å². The molecule has 7 nitrogen and oxygen atoms in total. The number of hydrogen-bond acceptors (Lipinski definition) is 5. The summed E-state index contributed by atoms with van der Waals surface area (Å²) < 4.78 is 5.96. The fourth-order valence-electron chi connectivity index (χ4n) is 4.20. The molecular weight excluding hydrogens is 368 g/mol. The van der Waals surface area contributed by atoms with Crippen molar-refractivity contribution in [2.45, 2.75) is 44.1 Å². The molecule has 0 atom stereocenters. The first-order chi connectivity index (χ1) is 14.1. The molecule has 7 heteroatoms. The van der Waals surface area contributed by atoms with Gasteiger partial charge in [0.15, 0.2) is 0 Å². The summed E-state index contributed by atoms with van der Waals surface area (Å²) in [4.78, 5) is 29.3. The Morgan fingerprint density at radius 3 is 2.79 bits per heavy atom. The van der Waals surface area contributed by atoms with Gasteiger partial charge in [-0.3, -0.25) is 9.59 Å². The van der Waals surface area contributed by atoms with Gasteiger partial charge >= 0.3 is 0 Å². The summed E-state index contributed by atoms with van der Waals surface area (Å²) in [5.74, 6) is 0.351. The molecule has 2 N–H and O–H groups in total. The van der Waals surface area contributed by atoms with Gasteiger partial charge in [0.1, 0.15) is 12.2 Å². The Morgan fingerprint density at radius 1 is 1.34 bits per heavy atom. The van der Waals surface area contributed by atoms with Crippen LogP contribution in [0.4, 0.5) is 5.69 Å². The minimum absolute atomic E-state index is 0.00417. The SMILES string of the molecule is CCNC(=O)c1ccc2c(c1)C1(CCC(Oc3ccc(C#N)cn3)CC1)C(=O)N2. The number of nitriles is 1. The second-order valence-electron chi connectivity index (χ2n) is 7.47. The third kappa shape index (κ3) is 3.42. The Kier molecular flexibility index (Phi) is 4.93. The molecule has 1 saturated carbocycles. The van der Waals surface area contributed by atoms with E-state index in [2.05, 4.69) is 15.6 Å². The molecule has 1 aromatic heterocycles. The fourth-order valence-corrected chi connectivity index (χ4v) is 4.20. The van der Waals surface area contributed by atoms with Gasteiger partial charge in [0.25, 0.3) is 5.91 Å². The molecule has 0 radical (unpaired) electrons. The Labute approximate surface area is 169 Å². The third-order valence-corrected chi connectivity index (χ3v) is 5.76. The quantitative estimate of drug-likeness (QED) is 0.835. The lowest BCUT2D eigenvalue weighted by atomic mass is 9.69. The van der Waals surface area contributed by atoms with Crippen LogP contribution in [0.2, 0.25) is 0 Å². The molecular formula is C22H22N4O3. The molecule has 0 saturated heterocycles. The maximum atomic E-state index is 12.9. The average molecular weight is 390 g/mol. The van der Waals surface area contributed by atoms with Crippen LogP contribution in [0.1, 0.15) is 54.1 Å². The summed E-state index contributed by atoms with van der Waals surface area (Å²) >= 11 is 0. The summed E-state index contributed by atoms with van der Waals surface area (Å²) in [6, 6.07) is 10.8. The van der Waals surface area contributed by atoms with Crippen LogP contribution in [0.3, 0.4) is 0 Å². The Hall–Kier alpha value is -3.40. The summed E-state index contributed by atoms with van der Waals surface area (Å²) in [6.07, 6.45) is 4.16. The zero-order valence-electron chi connectivity index (χ0n) is 16.2. The summed E-state index contributed by atoms with van der Waals surface area (Å²) in [5.41, 5.74) is 2.14. The zero-order valence-corrected chi connectivity index (χ0v) is 16.2. The van der Waals surface area contributed by atoms with E-state index in [0.29, 0.717) is 49.2 Å². The number of carbonyl (C=O) groups is 2. The Bertz CT molecular complexity index is 986. The first-order valence-corrected chi connectivity index (χ1v) is 9.83. The standard InChI is InChI=1S/C22H22N4O3/c1-2-24-20(27)15-4-5-18-17(11-15)22(21(28)26-18)9-7-16(8-10-22)29-19-6-3-14(12-23)13-25-19/h3-6,11,13,16H,2,7-10H2,1H3,(H,24,27)(H,26,28). The number of ether oxygens (including phenoxy) is 1. The number of nitrogens with one attached hydrogen (secondary N) is 2. The van der Waals surface area contributed by atoms with Gasteiger partial charge in [0, 0.05) is 30.1 Å². The van der Waals surface area contributed by atoms with E-state index >= 15 is 0 Å². The molecule has 2 amide bonds. The van der Waals surface area contributed by atoms with Crippen LogP contribution >= 0.6 is 0 Å². The first-order valence-electron chi connectivity index (χ1n) is 9.83. The first kappa shape index (κ1) is 18.9. The fraction of sp³-hybridized carbons (Fsp3) is 0.364. The van der Waals surface area contributed by atoms with Gasteiger partial charge < -0.3 is 15.4 Å². The lowest BCUT2D eigenvalue weighted by molar-refractivity contribution is -0.122. The number of fused-ring (bicyclic) bond motifs is 2. The molecule has 1 aliphatic heterocycles. The van der Waals surface area contributed by atoms with Gasteiger partial charge in [-0.2, -0.15) is 5.26 Å². The summed E-state index contributed by atoms with van der Waals surface area (Å²) in [7, 11) is 0. The number of amides is 2. The molecule has 2 aliphatic rings. The summed E-state index contributed by atoms with van der Waals surface area (Å²) in [6.45, 7) is 2.43. The predicted octanol–water partition coefficient (Wildman–Crippen LogP) is 2.91. The van der Waals surface area contributed by atoms with Crippen LogP contribution in [-0.2, 0) is 10.2 Å². The van der Waals surface area contributed by atoms with E-state index in [-0.39, 0.29) is 17.9 Å². The second kappa shape index (κ2) is 7.55. The van der Waals surface area contributed by atoms with Gasteiger partial charge in [-0.05, 0) is 62.4 Å². The molecule has 1 aromatic carbocycles. The van der Waals surface area contributed by atoms with Gasteiger partial charge in [0.05, 0.1) is 11.0 Å². The number of hydrogen-bond donors (Lipinski definition) is 2. The van der Waals surface area contributed by atoms with Gasteiger partial charge in [0.2, 0.25) is 11.8 Å². The van der Waals surface area contributed by atoms with E-state index in [1.165, 1.54) is 6.20 Å². The summed E-state index contributed by atoms with van der Waals surface area (Å²) in [5, 5.41) is 14.6. The lowest BCUT2D eigenvalue weighted by Gasteiger charge is -2.35. The van der Waals surface area contributed by atoms with E-state index in [0.717, 1.165) is 11.3 Å². The van der Waals surface area contributed by atoms with Crippen LogP contribution in [0.15, 0.2) is 36.5 Å². The normalized spacial score (nSPS) is 22.5. The van der Waals surface area contributed by atoms with E-state index in [4.69, 9.17) is 10.00 Å². The topological polar surface area (TPSA) is 104 Å². The highest BCUT2D eigenvalue weighted by atomic mass is 16.5. The average Bonchev–Trinajstić information content (AvgIpc) is 3.01. The number of pyridine rings is 1. The third-order valence-electron chi connectivity index (χ3n) is 5.76. The molecule has 4 rings (SSSR count). The number of rotatable bonds is 4. The smallest absolute Gasteiger partial charge is 0.251 e. The van der Waals surface area contributed by atoms with Gasteiger partial charge in [-0.1, -0.05) is 0 Å². The van der Waals surface area contributed by atoms with E-state index in [1.807, 2.05) is 25.1 Å². The maximum absolute atomic E-state index is 12.9. The minimum atomic E-state index is -0.615. The van der Waals surface area contributed by atoms with Crippen molar-refractivity contribution in [2.24, 2.45) is 0 Å². The Morgan fingerprint density at radius 2 is 2.14 bits per heavy atom. The minimum Gasteiger partial charge on any atom is -0.474 e. The molecule has 2 heterocycles. The molecule has 0 bridgehead atoms. The van der Waals surface area contributed by atoms with Gasteiger partial charge in [-0.15, -0.1) is 0 Å². The number of carbonyl (C=O) groups excluding carboxylic acids is 2. The number of anilines is 1. The van der Waals surface area contributed by atoms with Crippen molar-refractivity contribution in [3.63, 3.8) is 0 Å². The molecule has 1 spiro atoms. The number of nitrogens with zero attached hydrogens (tertiary/aromatic N) is 2. The molecule has 1 fully saturated rings. The van der Waals surface area contributed by atoms with Crippen molar-refractivity contribution in [3.8, 4) is 11.9 Å². The maximum Gasteiger partial charge on any atom is 0.251 e. The van der Waals surface area contributed by atoms with Crippen molar-refractivity contribution in [3.05, 3.63) is 53.2 Å². The molecule has 0 unspecified atom stereocenters. The predicted molar refractivity (Wildman–Crippen MR) is 107 cm³/mol. The highest BCUT2D eigenvalue weighted by Gasteiger charge is 2.49. The van der Waals surface area contributed by atoms with Crippen LogP contribution in [-0.4, -0.2) is 29.4 Å². The van der Waals surface area contributed by atoms with E-state index in [9.17, 15) is 9.59 Å². The zero-order chi connectivity index (χ0) is 20.4. The van der Waals surface area contributed by atoms with Crippen molar-refractivity contribution in [1.82, 2.24) is 10.3 Å². The molecule has 148 valence electrons. The van der Waals surface area contributed by atoms with Crippen LogP contribution in [0.5, 0.6) is 5.88 Å².